The minimum atomic E-state index is -0.405. The van der Waals surface area contributed by atoms with Crippen molar-refractivity contribution in [3.63, 3.8) is 0 Å². The molecular weight excluding hydrogens is 401 g/mol. The fourth-order valence-electron chi connectivity index (χ4n) is 4.50. The molecule has 5 rings (SSSR count). The van der Waals surface area contributed by atoms with Crippen LogP contribution in [0.1, 0.15) is 42.5 Å². The van der Waals surface area contributed by atoms with Crippen LogP contribution in [0, 0.1) is 5.82 Å². The molecule has 0 aromatic heterocycles. The first kappa shape index (κ1) is 19.4. The number of allylic oxidation sites excluding steroid dienone is 1. The summed E-state index contributed by atoms with van der Waals surface area (Å²) < 4.78 is 14.6. The zero-order valence-electron chi connectivity index (χ0n) is 16.9. The van der Waals surface area contributed by atoms with Gasteiger partial charge in [-0.05, 0) is 61.2 Å². The lowest BCUT2D eigenvalue weighted by Crippen LogP contribution is -2.38. The summed E-state index contributed by atoms with van der Waals surface area (Å²) in [4.78, 5) is 0. The largest absolute Gasteiger partial charge is 0.376 e. The summed E-state index contributed by atoms with van der Waals surface area (Å²) in [5.41, 5.74) is 14.1. The van der Waals surface area contributed by atoms with Gasteiger partial charge in [0.05, 0.1) is 28.1 Å². The van der Waals surface area contributed by atoms with Crippen LogP contribution in [0.2, 0.25) is 5.02 Å². The van der Waals surface area contributed by atoms with Gasteiger partial charge in [0.15, 0.2) is 5.82 Å². The van der Waals surface area contributed by atoms with E-state index in [4.69, 9.17) is 11.6 Å². The molecule has 3 aliphatic heterocycles. The van der Waals surface area contributed by atoms with Gasteiger partial charge in [-0.15, -0.1) is 5.53 Å². The molecular formula is C23H25ClFN5. The Morgan fingerprint density at radius 3 is 2.97 bits per heavy atom. The lowest BCUT2D eigenvalue weighted by atomic mass is 9.91. The van der Waals surface area contributed by atoms with E-state index < -0.39 is 5.82 Å². The molecule has 0 amide bonds. The molecule has 156 valence electrons. The Bertz CT molecular complexity index is 1050. The van der Waals surface area contributed by atoms with Gasteiger partial charge in [-0.25, -0.2) is 4.39 Å². The molecule has 2 aromatic carbocycles. The zero-order chi connectivity index (χ0) is 20.7. The summed E-state index contributed by atoms with van der Waals surface area (Å²) in [7, 11) is 0. The third kappa shape index (κ3) is 3.45. The van der Waals surface area contributed by atoms with E-state index >= 15 is 0 Å². The van der Waals surface area contributed by atoms with Crippen LogP contribution in [0.3, 0.4) is 0 Å². The van der Waals surface area contributed by atoms with Crippen LogP contribution in [0.15, 0.2) is 48.2 Å². The van der Waals surface area contributed by atoms with Crippen molar-refractivity contribution in [2.75, 3.05) is 25.0 Å². The number of benzene rings is 2. The van der Waals surface area contributed by atoms with E-state index in [-0.39, 0.29) is 11.1 Å². The average molecular weight is 426 g/mol. The first-order valence-corrected chi connectivity index (χ1v) is 10.7. The van der Waals surface area contributed by atoms with E-state index in [0.29, 0.717) is 5.69 Å². The fraction of sp³-hybridized carbons (Fsp3) is 0.304. The van der Waals surface area contributed by atoms with Crippen molar-refractivity contribution in [3.05, 3.63) is 75.7 Å². The third-order valence-electron chi connectivity index (χ3n) is 6.04. The number of hydrazine groups is 2. The van der Waals surface area contributed by atoms with Gasteiger partial charge in [0.1, 0.15) is 0 Å². The summed E-state index contributed by atoms with van der Waals surface area (Å²) in [6.07, 6.45) is 4.09. The van der Waals surface area contributed by atoms with Gasteiger partial charge in [-0.3, -0.25) is 5.01 Å². The fourth-order valence-corrected chi connectivity index (χ4v) is 4.68. The molecule has 0 bridgehead atoms. The number of halogens is 2. The minimum Gasteiger partial charge on any atom is -0.376 e. The van der Waals surface area contributed by atoms with E-state index in [9.17, 15) is 4.39 Å². The number of anilines is 1. The molecule has 0 fully saturated rings. The van der Waals surface area contributed by atoms with Gasteiger partial charge < -0.3 is 16.1 Å². The Kier molecular flexibility index (Phi) is 5.15. The predicted molar refractivity (Wildman–Crippen MR) is 120 cm³/mol. The van der Waals surface area contributed by atoms with E-state index in [1.165, 1.54) is 16.7 Å². The lowest BCUT2D eigenvalue weighted by Gasteiger charge is -2.23. The maximum atomic E-state index is 14.6. The number of hydrogen-bond acceptors (Lipinski definition) is 5. The quantitative estimate of drug-likeness (QED) is 0.586. The Morgan fingerprint density at radius 1 is 1.23 bits per heavy atom. The van der Waals surface area contributed by atoms with Gasteiger partial charge in [-0.1, -0.05) is 35.9 Å². The monoisotopic (exact) mass is 425 g/mol. The highest BCUT2D eigenvalue weighted by molar-refractivity contribution is 6.31. The lowest BCUT2D eigenvalue weighted by molar-refractivity contribution is 0.281. The summed E-state index contributed by atoms with van der Waals surface area (Å²) >= 11 is 6.03. The van der Waals surface area contributed by atoms with E-state index in [2.05, 4.69) is 57.8 Å². The second-order valence-corrected chi connectivity index (χ2v) is 8.34. The second-order valence-electron chi connectivity index (χ2n) is 7.93. The van der Waals surface area contributed by atoms with Crippen LogP contribution in [0.5, 0.6) is 0 Å². The van der Waals surface area contributed by atoms with Crippen molar-refractivity contribution in [1.29, 1.82) is 0 Å². The summed E-state index contributed by atoms with van der Waals surface area (Å²) in [6.45, 7) is 4.74. The average Bonchev–Trinajstić information content (AvgIpc) is 3.06. The molecule has 0 radical (unpaired) electrons. The predicted octanol–water partition coefficient (Wildman–Crippen LogP) is 4.43. The molecule has 0 spiro atoms. The second kappa shape index (κ2) is 7.95. The molecule has 4 N–H and O–H groups in total. The van der Waals surface area contributed by atoms with Crippen LogP contribution >= 0.6 is 11.6 Å². The molecule has 0 saturated heterocycles. The van der Waals surface area contributed by atoms with Crippen LogP contribution < -0.4 is 21.6 Å². The molecule has 7 heteroatoms. The molecule has 2 aromatic rings. The van der Waals surface area contributed by atoms with Crippen molar-refractivity contribution >= 4 is 28.6 Å². The zero-order valence-corrected chi connectivity index (χ0v) is 17.6. The van der Waals surface area contributed by atoms with Crippen molar-refractivity contribution in [1.82, 2.24) is 21.3 Å². The first-order chi connectivity index (χ1) is 14.6. The number of rotatable bonds is 3. The smallest absolute Gasteiger partial charge is 0.164 e. The SMILES string of the molecule is CC1=C2c3ccc(C4=CCNCC4)cc3C(Nc3cccc(Cl)c3F)CCN2NN1. The van der Waals surface area contributed by atoms with Gasteiger partial charge >= 0.3 is 0 Å². The Balaban J connectivity index is 1.60. The molecule has 3 heterocycles. The molecule has 1 unspecified atom stereocenters. The molecule has 30 heavy (non-hydrogen) atoms. The molecule has 0 aliphatic carbocycles. The molecule has 3 aliphatic rings. The van der Waals surface area contributed by atoms with E-state index in [1.807, 2.05) is 0 Å². The summed E-state index contributed by atoms with van der Waals surface area (Å²) in [5, 5.41) is 9.07. The van der Waals surface area contributed by atoms with Crippen molar-refractivity contribution < 1.29 is 4.39 Å². The van der Waals surface area contributed by atoms with Crippen LogP contribution in [0.4, 0.5) is 10.1 Å². The number of fused-ring (bicyclic) bond motifs is 3. The van der Waals surface area contributed by atoms with E-state index in [0.717, 1.165) is 49.4 Å². The highest BCUT2D eigenvalue weighted by Gasteiger charge is 2.31. The molecule has 1 atom stereocenters. The highest BCUT2D eigenvalue weighted by Crippen LogP contribution is 2.39. The van der Waals surface area contributed by atoms with Crippen LogP contribution in [-0.4, -0.2) is 24.6 Å². The maximum absolute atomic E-state index is 14.6. The number of nitrogens with zero attached hydrogens (tertiary/aromatic N) is 1. The third-order valence-corrected chi connectivity index (χ3v) is 6.33. The van der Waals surface area contributed by atoms with Gasteiger partial charge in [-0.2, -0.15) is 0 Å². The molecule has 5 nitrogen and oxygen atoms in total. The Labute approximate surface area is 180 Å². The summed E-state index contributed by atoms with van der Waals surface area (Å²) in [6, 6.07) is 11.7. The topological polar surface area (TPSA) is 51.4 Å². The van der Waals surface area contributed by atoms with Crippen LogP contribution in [-0.2, 0) is 0 Å². The Morgan fingerprint density at radius 2 is 2.13 bits per heavy atom. The standard InChI is InChI=1S/C23H25ClFN5/c1-14-23-17-6-5-16(15-7-10-26-11-8-15)13-18(17)20(9-12-30(23)29-28-14)27-21-4-2-3-19(24)22(21)25/h2-7,13,20,26-29H,8-12H2,1H3. The van der Waals surface area contributed by atoms with Gasteiger partial charge in [0, 0.05) is 18.7 Å². The van der Waals surface area contributed by atoms with E-state index in [1.54, 1.807) is 18.2 Å². The summed E-state index contributed by atoms with van der Waals surface area (Å²) in [5.74, 6) is -0.405. The first-order valence-electron chi connectivity index (χ1n) is 10.4. The molecule has 0 saturated carbocycles. The van der Waals surface area contributed by atoms with Crippen molar-refractivity contribution in [2.45, 2.75) is 25.8 Å². The van der Waals surface area contributed by atoms with Gasteiger partial charge in [0.25, 0.3) is 0 Å². The van der Waals surface area contributed by atoms with Gasteiger partial charge in [0.2, 0.25) is 0 Å². The normalized spacial score (nSPS) is 20.8. The number of hydrogen-bond donors (Lipinski definition) is 4. The highest BCUT2D eigenvalue weighted by atomic mass is 35.5. The van der Waals surface area contributed by atoms with Crippen LogP contribution in [0.25, 0.3) is 11.3 Å². The van der Waals surface area contributed by atoms with Crippen molar-refractivity contribution in [3.8, 4) is 0 Å². The minimum absolute atomic E-state index is 0.0390. The maximum Gasteiger partial charge on any atom is 0.164 e. The Hall–Kier alpha value is -2.54. The van der Waals surface area contributed by atoms with Crippen molar-refractivity contribution in [2.24, 2.45) is 0 Å². The number of nitrogens with one attached hydrogen (secondary N) is 4.